The van der Waals surface area contributed by atoms with E-state index in [0.717, 1.165) is 0 Å². The van der Waals surface area contributed by atoms with Gasteiger partial charge in [0.1, 0.15) is 0 Å². The molecule has 52 valence electrons. The number of hydrogen-bond donors (Lipinski definition) is 3. The standard InChI is InChI=1S/C3H12N2O2S/c1-3-5(2)8(4,6)7/h6-7H,3-4H2,1-2H3. The van der Waals surface area contributed by atoms with Gasteiger partial charge in [-0.15, -0.1) is 0 Å². The second kappa shape index (κ2) is 2.65. The molecule has 0 aliphatic rings. The van der Waals surface area contributed by atoms with Crippen molar-refractivity contribution >= 4 is 11.0 Å². The number of rotatable bonds is 2. The van der Waals surface area contributed by atoms with E-state index in [9.17, 15) is 0 Å². The topological polar surface area (TPSA) is 69.7 Å². The summed E-state index contributed by atoms with van der Waals surface area (Å²) < 4.78 is 18.5. The molecule has 0 rings (SSSR count). The molecular weight excluding hydrogens is 128 g/mol. The maximum Gasteiger partial charge on any atom is 0.0160 e. The third kappa shape index (κ3) is 2.49. The van der Waals surface area contributed by atoms with Crippen molar-refractivity contribution in [3.8, 4) is 0 Å². The highest BCUT2D eigenvalue weighted by molar-refractivity contribution is 8.20. The molecule has 0 spiro atoms. The van der Waals surface area contributed by atoms with Crippen LogP contribution >= 0.6 is 11.0 Å². The van der Waals surface area contributed by atoms with Gasteiger partial charge in [-0.05, 0) is 0 Å². The summed E-state index contributed by atoms with van der Waals surface area (Å²) in [6.45, 7) is 2.33. The number of nitrogens with two attached hydrogens (primary N) is 1. The van der Waals surface area contributed by atoms with Crippen molar-refractivity contribution in [2.75, 3.05) is 13.6 Å². The van der Waals surface area contributed by atoms with Crippen molar-refractivity contribution in [1.82, 2.24) is 4.31 Å². The molecule has 0 amide bonds. The molecule has 0 unspecified atom stereocenters. The highest BCUT2D eigenvalue weighted by Gasteiger charge is 2.08. The molecule has 0 bridgehead atoms. The molecule has 4 nitrogen and oxygen atoms in total. The molecule has 0 radical (unpaired) electrons. The van der Waals surface area contributed by atoms with Crippen LogP contribution in [-0.2, 0) is 0 Å². The second-order valence-electron chi connectivity index (χ2n) is 1.51. The van der Waals surface area contributed by atoms with Crippen molar-refractivity contribution in [3.05, 3.63) is 0 Å². The Morgan fingerprint density at radius 1 is 1.62 bits per heavy atom. The van der Waals surface area contributed by atoms with Gasteiger partial charge in [0, 0.05) is 13.6 Å². The van der Waals surface area contributed by atoms with Crippen molar-refractivity contribution in [1.29, 1.82) is 0 Å². The molecule has 8 heavy (non-hydrogen) atoms. The van der Waals surface area contributed by atoms with Crippen LogP contribution in [0.15, 0.2) is 0 Å². The second-order valence-corrected chi connectivity index (χ2v) is 3.25. The van der Waals surface area contributed by atoms with E-state index in [4.69, 9.17) is 14.2 Å². The molecule has 0 saturated carbocycles. The molecular formula is C3H12N2O2S. The third-order valence-corrected chi connectivity index (χ3v) is 2.08. The highest BCUT2D eigenvalue weighted by atomic mass is 32.3. The fourth-order valence-electron chi connectivity index (χ4n) is 0.190. The maximum atomic E-state index is 8.63. The van der Waals surface area contributed by atoms with Crippen LogP contribution in [0.5, 0.6) is 0 Å². The zero-order valence-electron chi connectivity index (χ0n) is 5.03. The number of nitrogens with zero attached hydrogens (tertiary/aromatic N) is 1. The lowest BCUT2D eigenvalue weighted by molar-refractivity contribution is 0.394. The fourth-order valence-corrected chi connectivity index (χ4v) is 0.570. The molecule has 0 heterocycles. The van der Waals surface area contributed by atoms with Crippen molar-refractivity contribution in [2.45, 2.75) is 6.92 Å². The predicted octanol–water partition coefficient (Wildman–Crippen LogP) is 0.477. The van der Waals surface area contributed by atoms with E-state index in [1.54, 1.807) is 14.0 Å². The molecule has 0 aromatic carbocycles. The van der Waals surface area contributed by atoms with Gasteiger partial charge in [-0.1, -0.05) is 17.9 Å². The first-order chi connectivity index (χ1) is 3.48. The van der Waals surface area contributed by atoms with Crippen LogP contribution in [0.25, 0.3) is 0 Å². The van der Waals surface area contributed by atoms with Crippen molar-refractivity contribution < 1.29 is 9.11 Å². The molecule has 0 atom stereocenters. The zero-order chi connectivity index (χ0) is 6.78. The van der Waals surface area contributed by atoms with E-state index in [1.807, 2.05) is 0 Å². The van der Waals surface area contributed by atoms with Crippen LogP contribution in [0.1, 0.15) is 6.92 Å². The van der Waals surface area contributed by atoms with Gasteiger partial charge in [-0.25, -0.2) is 5.14 Å². The average molecular weight is 140 g/mol. The molecule has 0 aromatic rings. The van der Waals surface area contributed by atoms with E-state index in [0.29, 0.717) is 6.54 Å². The normalized spacial score (nSPS) is 14.8. The lowest BCUT2D eigenvalue weighted by atomic mass is 10.8. The van der Waals surface area contributed by atoms with Crippen LogP contribution in [0.3, 0.4) is 0 Å². The Morgan fingerprint density at radius 3 is 2.00 bits per heavy atom. The average Bonchev–Trinajstić information content (AvgIpc) is 1.62. The molecule has 4 N–H and O–H groups in total. The largest absolute Gasteiger partial charge is 0.273 e. The minimum absolute atomic E-state index is 0.541. The van der Waals surface area contributed by atoms with Gasteiger partial charge in [0.2, 0.25) is 0 Å². The van der Waals surface area contributed by atoms with Gasteiger partial charge in [0.05, 0.1) is 0 Å². The predicted molar refractivity (Wildman–Crippen MR) is 35.3 cm³/mol. The first kappa shape index (κ1) is 8.19. The lowest BCUT2D eigenvalue weighted by Crippen LogP contribution is -2.28. The van der Waals surface area contributed by atoms with Crippen molar-refractivity contribution in [3.63, 3.8) is 0 Å². The van der Waals surface area contributed by atoms with Gasteiger partial charge in [0.25, 0.3) is 0 Å². The van der Waals surface area contributed by atoms with Gasteiger partial charge in [-0.2, -0.15) is 4.31 Å². The summed E-state index contributed by atoms with van der Waals surface area (Å²) in [5.41, 5.74) is 0. The minimum Gasteiger partial charge on any atom is -0.273 e. The van der Waals surface area contributed by atoms with Crippen LogP contribution in [-0.4, -0.2) is 27.0 Å². The maximum absolute atomic E-state index is 8.63. The monoisotopic (exact) mass is 140 g/mol. The summed E-state index contributed by atoms with van der Waals surface area (Å²) in [6, 6.07) is 0. The van der Waals surface area contributed by atoms with Crippen LogP contribution in [0, 0.1) is 0 Å². The molecule has 0 aliphatic carbocycles. The Labute approximate surface area is 50.9 Å². The Hall–Kier alpha value is 0.190. The molecule has 5 heteroatoms. The smallest absolute Gasteiger partial charge is 0.0160 e. The van der Waals surface area contributed by atoms with Crippen LogP contribution < -0.4 is 5.14 Å². The van der Waals surface area contributed by atoms with Gasteiger partial charge >= 0.3 is 0 Å². The summed E-state index contributed by atoms with van der Waals surface area (Å²) in [4.78, 5) is 0. The van der Waals surface area contributed by atoms with E-state index in [2.05, 4.69) is 0 Å². The molecule has 0 saturated heterocycles. The molecule has 0 fully saturated rings. The first-order valence-electron chi connectivity index (χ1n) is 2.25. The minimum atomic E-state index is -2.92. The number of hydrogen-bond acceptors (Lipinski definition) is 4. The van der Waals surface area contributed by atoms with E-state index >= 15 is 0 Å². The Kier molecular flexibility index (Phi) is 2.72. The Morgan fingerprint density at radius 2 is 2.00 bits per heavy atom. The van der Waals surface area contributed by atoms with E-state index < -0.39 is 11.0 Å². The third-order valence-electron chi connectivity index (χ3n) is 0.904. The summed E-state index contributed by atoms with van der Waals surface area (Å²) in [6.07, 6.45) is 0. The first-order valence-corrected chi connectivity index (χ1v) is 3.82. The summed E-state index contributed by atoms with van der Waals surface area (Å²) in [7, 11) is -1.37. The Bertz CT molecular complexity index is 72.2. The van der Waals surface area contributed by atoms with Crippen LogP contribution in [0.2, 0.25) is 0 Å². The summed E-state index contributed by atoms with van der Waals surface area (Å²) in [5.74, 6) is 0. The van der Waals surface area contributed by atoms with Gasteiger partial charge < -0.3 is 0 Å². The van der Waals surface area contributed by atoms with E-state index in [-0.39, 0.29) is 0 Å². The van der Waals surface area contributed by atoms with Gasteiger partial charge in [-0.3, -0.25) is 9.11 Å². The van der Waals surface area contributed by atoms with Crippen LogP contribution in [0.4, 0.5) is 0 Å². The molecule has 0 aromatic heterocycles. The molecule has 0 aliphatic heterocycles. The highest BCUT2D eigenvalue weighted by Crippen LogP contribution is 2.30. The lowest BCUT2D eigenvalue weighted by Gasteiger charge is -2.34. The summed E-state index contributed by atoms with van der Waals surface area (Å²) in [5, 5.41) is 4.91. The Balaban J connectivity index is 3.62. The van der Waals surface area contributed by atoms with E-state index in [1.165, 1.54) is 4.31 Å². The summed E-state index contributed by atoms with van der Waals surface area (Å²) >= 11 is 0. The quantitative estimate of drug-likeness (QED) is 0.521. The van der Waals surface area contributed by atoms with Crippen molar-refractivity contribution in [2.24, 2.45) is 5.14 Å². The SMILES string of the molecule is CCN(C)S(N)(O)O. The van der Waals surface area contributed by atoms with Gasteiger partial charge in [0.15, 0.2) is 0 Å². The zero-order valence-corrected chi connectivity index (χ0v) is 5.85. The fraction of sp³-hybridized carbons (Fsp3) is 1.00.